The summed E-state index contributed by atoms with van der Waals surface area (Å²) < 4.78 is 0. The van der Waals surface area contributed by atoms with Crippen molar-refractivity contribution in [3.05, 3.63) is 42.2 Å². The summed E-state index contributed by atoms with van der Waals surface area (Å²) in [5.74, 6) is 1.20. The van der Waals surface area contributed by atoms with Crippen LogP contribution in [0.25, 0.3) is 0 Å². The van der Waals surface area contributed by atoms with Gasteiger partial charge in [0.2, 0.25) is 5.91 Å². The fourth-order valence-corrected chi connectivity index (χ4v) is 1.48. The lowest BCUT2D eigenvalue weighted by molar-refractivity contribution is -0.114. The van der Waals surface area contributed by atoms with Crippen LogP contribution in [0.3, 0.4) is 0 Å². The highest BCUT2D eigenvalue weighted by atomic mass is 16.1. The number of nitrogens with one attached hydrogen (secondary N) is 2. The molecular formula is C15H20N4O. The molecular weight excluding hydrogens is 252 g/mol. The van der Waals surface area contributed by atoms with Crippen molar-refractivity contribution in [3.8, 4) is 0 Å². The van der Waals surface area contributed by atoms with Crippen LogP contribution >= 0.6 is 0 Å². The molecule has 2 N–H and O–H groups in total. The van der Waals surface area contributed by atoms with E-state index in [1.807, 2.05) is 39.0 Å². The summed E-state index contributed by atoms with van der Waals surface area (Å²) in [5, 5.41) is 5.78. The zero-order valence-corrected chi connectivity index (χ0v) is 12.3. The van der Waals surface area contributed by atoms with Gasteiger partial charge in [-0.25, -0.2) is 9.97 Å². The van der Waals surface area contributed by atoms with E-state index in [1.54, 1.807) is 18.5 Å². The van der Waals surface area contributed by atoms with Crippen molar-refractivity contribution in [1.29, 1.82) is 0 Å². The van der Waals surface area contributed by atoms with Crippen LogP contribution in [0.15, 0.2) is 36.7 Å². The number of anilines is 3. The monoisotopic (exact) mass is 272 g/mol. The quantitative estimate of drug-likeness (QED) is 0.897. The molecule has 0 aliphatic rings. The van der Waals surface area contributed by atoms with Gasteiger partial charge in [0.1, 0.15) is 11.6 Å². The van der Waals surface area contributed by atoms with Crippen molar-refractivity contribution in [1.82, 2.24) is 9.97 Å². The lowest BCUT2D eigenvalue weighted by Gasteiger charge is -2.08. The van der Waals surface area contributed by atoms with Gasteiger partial charge in [-0.1, -0.05) is 19.9 Å². The number of rotatable bonds is 3. The first kappa shape index (κ1) is 15.6. The van der Waals surface area contributed by atoms with E-state index in [0.717, 1.165) is 17.1 Å². The van der Waals surface area contributed by atoms with Gasteiger partial charge >= 0.3 is 0 Å². The number of amides is 1. The SMILES string of the molecule is CC.CC(=O)Nc1ccc(Nc2ncccc2C)cn1. The molecule has 0 bridgehead atoms. The van der Waals surface area contributed by atoms with E-state index in [1.165, 1.54) is 6.92 Å². The maximum absolute atomic E-state index is 10.9. The molecule has 5 heteroatoms. The molecule has 0 aliphatic heterocycles. The molecule has 2 aromatic heterocycles. The Morgan fingerprint density at radius 3 is 2.45 bits per heavy atom. The first-order valence-corrected chi connectivity index (χ1v) is 6.57. The molecule has 1 amide bonds. The fourth-order valence-electron chi connectivity index (χ4n) is 1.48. The zero-order valence-electron chi connectivity index (χ0n) is 12.3. The van der Waals surface area contributed by atoms with E-state index in [0.29, 0.717) is 5.82 Å². The normalized spacial score (nSPS) is 9.20. The highest BCUT2D eigenvalue weighted by molar-refractivity contribution is 5.87. The van der Waals surface area contributed by atoms with Crippen molar-refractivity contribution in [2.75, 3.05) is 10.6 Å². The van der Waals surface area contributed by atoms with Crippen molar-refractivity contribution < 1.29 is 4.79 Å². The summed E-state index contributed by atoms with van der Waals surface area (Å²) >= 11 is 0. The number of carbonyl (C=O) groups is 1. The smallest absolute Gasteiger partial charge is 0.222 e. The number of pyridine rings is 2. The van der Waals surface area contributed by atoms with E-state index in [-0.39, 0.29) is 5.91 Å². The first-order valence-electron chi connectivity index (χ1n) is 6.57. The Morgan fingerprint density at radius 2 is 1.90 bits per heavy atom. The van der Waals surface area contributed by atoms with Gasteiger partial charge in [-0.3, -0.25) is 4.79 Å². The second kappa shape index (κ2) is 7.89. The molecule has 0 saturated heterocycles. The third-order valence-electron chi connectivity index (χ3n) is 2.34. The molecule has 20 heavy (non-hydrogen) atoms. The highest BCUT2D eigenvalue weighted by Crippen LogP contribution is 2.17. The molecule has 5 nitrogen and oxygen atoms in total. The van der Waals surface area contributed by atoms with Gasteiger partial charge in [0.25, 0.3) is 0 Å². The molecule has 0 radical (unpaired) electrons. The molecule has 0 aromatic carbocycles. The van der Waals surface area contributed by atoms with E-state index in [9.17, 15) is 4.79 Å². The third kappa shape index (κ3) is 4.68. The molecule has 2 heterocycles. The minimum atomic E-state index is -0.135. The van der Waals surface area contributed by atoms with Gasteiger partial charge in [0, 0.05) is 13.1 Å². The molecule has 0 atom stereocenters. The Kier molecular flexibility index (Phi) is 6.16. The summed E-state index contributed by atoms with van der Waals surface area (Å²) in [7, 11) is 0. The molecule has 0 aliphatic carbocycles. The number of hydrogen-bond donors (Lipinski definition) is 2. The van der Waals surface area contributed by atoms with Crippen molar-refractivity contribution in [2.45, 2.75) is 27.7 Å². The van der Waals surface area contributed by atoms with Crippen molar-refractivity contribution >= 4 is 23.2 Å². The van der Waals surface area contributed by atoms with Crippen LogP contribution in [0.4, 0.5) is 17.3 Å². The number of hydrogen-bond acceptors (Lipinski definition) is 4. The number of carbonyl (C=O) groups excluding carboxylic acids is 1. The summed E-state index contributed by atoms with van der Waals surface area (Å²) in [6.45, 7) is 7.43. The second-order valence-corrected chi connectivity index (χ2v) is 3.91. The van der Waals surface area contributed by atoms with Crippen LogP contribution in [-0.4, -0.2) is 15.9 Å². The molecule has 2 aromatic rings. The number of nitrogens with zero attached hydrogens (tertiary/aromatic N) is 2. The Bertz CT molecular complexity index is 552. The average molecular weight is 272 g/mol. The predicted molar refractivity (Wildman–Crippen MR) is 82.1 cm³/mol. The lowest BCUT2D eigenvalue weighted by atomic mass is 10.3. The van der Waals surface area contributed by atoms with Gasteiger partial charge < -0.3 is 10.6 Å². The summed E-state index contributed by atoms with van der Waals surface area (Å²) in [6.07, 6.45) is 3.38. The second-order valence-electron chi connectivity index (χ2n) is 3.91. The molecule has 0 fully saturated rings. The number of aryl methyl sites for hydroxylation is 1. The Balaban J connectivity index is 0.000000956. The Morgan fingerprint density at radius 1 is 1.15 bits per heavy atom. The lowest BCUT2D eigenvalue weighted by Crippen LogP contribution is -2.07. The van der Waals surface area contributed by atoms with Crippen LogP contribution in [0.2, 0.25) is 0 Å². The summed E-state index contributed by atoms with van der Waals surface area (Å²) in [4.78, 5) is 19.2. The van der Waals surface area contributed by atoms with Gasteiger partial charge in [-0.05, 0) is 30.7 Å². The van der Waals surface area contributed by atoms with Crippen LogP contribution < -0.4 is 10.6 Å². The predicted octanol–water partition coefficient (Wildman–Crippen LogP) is 3.51. The standard InChI is InChI=1S/C13H14N4O.C2H6/c1-9-4-3-7-14-13(9)17-11-5-6-12(15-8-11)16-10(2)18;1-2/h3-8H,1-2H3,(H,14,17)(H,15,16,18);1-2H3. The summed E-state index contributed by atoms with van der Waals surface area (Å²) in [5.41, 5.74) is 1.88. The van der Waals surface area contributed by atoms with E-state index >= 15 is 0 Å². The molecule has 0 saturated carbocycles. The van der Waals surface area contributed by atoms with Crippen LogP contribution in [-0.2, 0) is 4.79 Å². The fraction of sp³-hybridized carbons (Fsp3) is 0.267. The molecule has 2 rings (SSSR count). The highest BCUT2D eigenvalue weighted by Gasteiger charge is 2.01. The minimum absolute atomic E-state index is 0.135. The maximum atomic E-state index is 10.9. The minimum Gasteiger partial charge on any atom is -0.339 e. The van der Waals surface area contributed by atoms with Crippen LogP contribution in [0.1, 0.15) is 26.3 Å². The Labute approximate surface area is 119 Å². The van der Waals surface area contributed by atoms with Crippen molar-refractivity contribution in [3.63, 3.8) is 0 Å². The largest absolute Gasteiger partial charge is 0.339 e. The third-order valence-corrected chi connectivity index (χ3v) is 2.34. The Hall–Kier alpha value is -2.43. The van der Waals surface area contributed by atoms with Gasteiger partial charge in [-0.15, -0.1) is 0 Å². The van der Waals surface area contributed by atoms with E-state index in [4.69, 9.17) is 0 Å². The van der Waals surface area contributed by atoms with Gasteiger partial charge in [0.15, 0.2) is 0 Å². The van der Waals surface area contributed by atoms with Crippen molar-refractivity contribution in [2.24, 2.45) is 0 Å². The van der Waals surface area contributed by atoms with Gasteiger partial charge in [-0.2, -0.15) is 0 Å². The van der Waals surface area contributed by atoms with E-state index < -0.39 is 0 Å². The van der Waals surface area contributed by atoms with Crippen LogP contribution in [0, 0.1) is 6.92 Å². The molecule has 106 valence electrons. The van der Waals surface area contributed by atoms with Crippen LogP contribution in [0.5, 0.6) is 0 Å². The van der Waals surface area contributed by atoms with Gasteiger partial charge in [0.05, 0.1) is 11.9 Å². The number of aromatic nitrogens is 2. The first-order chi connectivity index (χ1) is 9.65. The topological polar surface area (TPSA) is 66.9 Å². The van der Waals surface area contributed by atoms with E-state index in [2.05, 4.69) is 20.6 Å². The average Bonchev–Trinajstić information content (AvgIpc) is 2.45. The zero-order chi connectivity index (χ0) is 15.0. The molecule has 0 unspecified atom stereocenters. The molecule has 0 spiro atoms. The maximum Gasteiger partial charge on any atom is 0.222 e. The summed E-state index contributed by atoms with van der Waals surface area (Å²) in [6, 6.07) is 7.45.